The van der Waals surface area contributed by atoms with Gasteiger partial charge in [0, 0.05) is 17.8 Å². The maximum Gasteiger partial charge on any atom is 0.314 e. The van der Waals surface area contributed by atoms with E-state index >= 15 is 0 Å². The third-order valence-electron chi connectivity index (χ3n) is 4.37. The van der Waals surface area contributed by atoms with Crippen LogP contribution in [-0.4, -0.2) is 20.6 Å². The maximum absolute atomic E-state index is 11.4. The van der Waals surface area contributed by atoms with E-state index in [1.54, 1.807) is 0 Å². The van der Waals surface area contributed by atoms with Gasteiger partial charge in [-0.1, -0.05) is 23.8 Å². The van der Waals surface area contributed by atoms with Crippen LogP contribution >= 0.6 is 0 Å². The van der Waals surface area contributed by atoms with Crippen LogP contribution < -0.4 is 0 Å². The lowest BCUT2D eigenvalue weighted by Crippen LogP contribution is -2.22. The molecule has 0 amide bonds. The zero-order valence-corrected chi connectivity index (χ0v) is 12.7. The standard InChI is InChI=1S/C17H20N2O2/c1-10-6-7-13(11(2)9-10)15-12(3)19-8-4-5-14(17(20)21)16(19)18-15/h6-7,9,14H,4-5,8H2,1-3H3,(H,20,21). The minimum absolute atomic E-state index is 0.475. The van der Waals surface area contributed by atoms with Crippen molar-refractivity contribution in [1.29, 1.82) is 0 Å². The fourth-order valence-corrected chi connectivity index (χ4v) is 3.25. The highest BCUT2D eigenvalue weighted by molar-refractivity contribution is 5.76. The minimum Gasteiger partial charge on any atom is -0.481 e. The molecule has 3 rings (SSSR count). The summed E-state index contributed by atoms with van der Waals surface area (Å²) in [5, 5.41) is 9.39. The van der Waals surface area contributed by atoms with Crippen molar-refractivity contribution in [1.82, 2.24) is 9.55 Å². The van der Waals surface area contributed by atoms with Crippen LogP contribution in [0, 0.1) is 20.8 Å². The van der Waals surface area contributed by atoms with Crippen LogP contribution in [0.4, 0.5) is 0 Å². The van der Waals surface area contributed by atoms with Crippen molar-refractivity contribution in [2.24, 2.45) is 0 Å². The van der Waals surface area contributed by atoms with Crippen LogP contribution in [0.25, 0.3) is 11.3 Å². The Morgan fingerprint density at radius 2 is 2.10 bits per heavy atom. The summed E-state index contributed by atoms with van der Waals surface area (Å²) in [5.41, 5.74) is 5.50. The van der Waals surface area contributed by atoms with Gasteiger partial charge in [-0.3, -0.25) is 4.79 Å². The maximum atomic E-state index is 11.4. The molecule has 2 aromatic rings. The molecular formula is C17H20N2O2. The average molecular weight is 284 g/mol. The highest BCUT2D eigenvalue weighted by atomic mass is 16.4. The van der Waals surface area contributed by atoms with E-state index in [-0.39, 0.29) is 0 Å². The van der Waals surface area contributed by atoms with E-state index in [1.165, 1.54) is 11.1 Å². The van der Waals surface area contributed by atoms with Gasteiger partial charge in [-0.2, -0.15) is 0 Å². The molecule has 1 aromatic carbocycles. The number of carboxylic acids is 1. The van der Waals surface area contributed by atoms with Gasteiger partial charge in [0.05, 0.1) is 5.69 Å². The lowest BCUT2D eigenvalue weighted by atomic mass is 9.99. The first-order valence-electron chi connectivity index (χ1n) is 7.36. The number of nitrogens with zero attached hydrogens (tertiary/aromatic N) is 2. The summed E-state index contributed by atoms with van der Waals surface area (Å²) < 4.78 is 2.08. The van der Waals surface area contributed by atoms with Crippen LogP contribution in [0.5, 0.6) is 0 Å². The summed E-state index contributed by atoms with van der Waals surface area (Å²) >= 11 is 0. The van der Waals surface area contributed by atoms with Gasteiger partial charge in [0.2, 0.25) is 0 Å². The number of benzene rings is 1. The highest BCUT2D eigenvalue weighted by Crippen LogP contribution is 2.34. The first kappa shape index (κ1) is 13.9. The molecule has 1 atom stereocenters. The Morgan fingerprint density at radius 3 is 2.76 bits per heavy atom. The van der Waals surface area contributed by atoms with Crippen molar-refractivity contribution in [2.45, 2.75) is 46.1 Å². The molecule has 110 valence electrons. The Morgan fingerprint density at radius 1 is 1.33 bits per heavy atom. The molecule has 1 aromatic heterocycles. The summed E-state index contributed by atoms with van der Waals surface area (Å²) in [6.07, 6.45) is 1.57. The third kappa shape index (κ3) is 2.24. The van der Waals surface area contributed by atoms with Gasteiger partial charge in [0.25, 0.3) is 0 Å². The second-order valence-electron chi connectivity index (χ2n) is 5.91. The zero-order chi connectivity index (χ0) is 15.1. The van der Waals surface area contributed by atoms with Crippen molar-refractivity contribution < 1.29 is 9.90 Å². The number of hydrogen-bond donors (Lipinski definition) is 1. The van der Waals surface area contributed by atoms with Gasteiger partial charge in [0.1, 0.15) is 11.7 Å². The largest absolute Gasteiger partial charge is 0.481 e. The Bertz CT molecular complexity index is 716. The predicted molar refractivity (Wildman–Crippen MR) is 81.5 cm³/mol. The van der Waals surface area contributed by atoms with Crippen LogP contribution in [0.15, 0.2) is 18.2 Å². The van der Waals surface area contributed by atoms with E-state index in [2.05, 4.69) is 36.6 Å². The molecule has 4 heteroatoms. The second-order valence-corrected chi connectivity index (χ2v) is 5.91. The van der Waals surface area contributed by atoms with Gasteiger partial charge >= 0.3 is 5.97 Å². The summed E-state index contributed by atoms with van der Waals surface area (Å²) in [6, 6.07) is 6.30. The number of imidazole rings is 1. The monoisotopic (exact) mass is 284 g/mol. The zero-order valence-electron chi connectivity index (χ0n) is 12.7. The fraction of sp³-hybridized carbons (Fsp3) is 0.412. The number of fused-ring (bicyclic) bond motifs is 1. The van der Waals surface area contributed by atoms with Crippen LogP contribution in [0.2, 0.25) is 0 Å². The molecule has 21 heavy (non-hydrogen) atoms. The minimum atomic E-state index is -0.770. The Balaban J connectivity index is 2.15. The molecule has 0 spiro atoms. The number of aromatic nitrogens is 2. The van der Waals surface area contributed by atoms with Gasteiger partial charge in [-0.05, 0) is 39.2 Å². The number of hydrogen-bond acceptors (Lipinski definition) is 2. The van der Waals surface area contributed by atoms with Crippen molar-refractivity contribution in [3.05, 3.63) is 40.8 Å². The summed E-state index contributed by atoms with van der Waals surface area (Å²) in [5.74, 6) is -0.536. The first-order chi connectivity index (χ1) is 9.99. The molecule has 2 heterocycles. The Kier molecular flexibility index (Phi) is 3.32. The van der Waals surface area contributed by atoms with Crippen LogP contribution in [-0.2, 0) is 11.3 Å². The van der Waals surface area contributed by atoms with E-state index in [0.717, 1.165) is 29.9 Å². The van der Waals surface area contributed by atoms with E-state index < -0.39 is 11.9 Å². The van der Waals surface area contributed by atoms with E-state index in [1.807, 2.05) is 6.92 Å². The molecule has 1 N–H and O–H groups in total. The van der Waals surface area contributed by atoms with Gasteiger partial charge in [-0.25, -0.2) is 4.98 Å². The van der Waals surface area contributed by atoms with Gasteiger partial charge in [0.15, 0.2) is 0 Å². The molecule has 1 unspecified atom stereocenters. The number of rotatable bonds is 2. The SMILES string of the molecule is Cc1ccc(-c2nc3n(c2C)CCCC3C(=O)O)c(C)c1. The topological polar surface area (TPSA) is 55.1 Å². The normalized spacial score (nSPS) is 17.6. The highest BCUT2D eigenvalue weighted by Gasteiger charge is 2.31. The van der Waals surface area contributed by atoms with Crippen molar-refractivity contribution in [3.8, 4) is 11.3 Å². The quantitative estimate of drug-likeness (QED) is 0.919. The molecular weight excluding hydrogens is 264 g/mol. The molecule has 1 aliphatic heterocycles. The van der Waals surface area contributed by atoms with Crippen molar-refractivity contribution >= 4 is 5.97 Å². The fourth-order valence-electron chi connectivity index (χ4n) is 3.25. The molecule has 1 aliphatic rings. The molecule has 4 nitrogen and oxygen atoms in total. The Hall–Kier alpha value is -2.10. The molecule has 0 saturated heterocycles. The number of aliphatic carboxylic acids is 1. The number of carbonyl (C=O) groups is 1. The van der Waals surface area contributed by atoms with Crippen LogP contribution in [0.3, 0.4) is 0 Å². The molecule has 0 saturated carbocycles. The summed E-state index contributed by atoms with van der Waals surface area (Å²) in [7, 11) is 0. The second kappa shape index (κ2) is 5.02. The average Bonchev–Trinajstić information content (AvgIpc) is 2.76. The van der Waals surface area contributed by atoms with E-state index in [9.17, 15) is 9.90 Å². The third-order valence-corrected chi connectivity index (χ3v) is 4.37. The van der Waals surface area contributed by atoms with E-state index in [4.69, 9.17) is 4.98 Å². The smallest absolute Gasteiger partial charge is 0.314 e. The van der Waals surface area contributed by atoms with Crippen molar-refractivity contribution in [3.63, 3.8) is 0 Å². The van der Waals surface area contributed by atoms with Gasteiger partial charge < -0.3 is 9.67 Å². The summed E-state index contributed by atoms with van der Waals surface area (Å²) in [4.78, 5) is 16.1. The molecule has 0 bridgehead atoms. The van der Waals surface area contributed by atoms with Gasteiger partial charge in [-0.15, -0.1) is 0 Å². The number of aryl methyl sites for hydroxylation is 2. The lowest BCUT2D eigenvalue weighted by molar-refractivity contribution is -0.139. The molecule has 0 aliphatic carbocycles. The lowest BCUT2D eigenvalue weighted by Gasteiger charge is -2.20. The Labute approximate surface area is 124 Å². The van der Waals surface area contributed by atoms with Crippen molar-refractivity contribution in [2.75, 3.05) is 0 Å². The molecule has 0 radical (unpaired) electrons. The van der Waals surface area contributed by atoms with E-state index in [0.29, 0.717) is 12.2 Å². The number of carboxylic acid groups (broad SMARTS) is 1. The first-order valence-corrected chi connectivity index (χ1v) is 7.36. The predicted octanol–water partition coefficient (Wildman–Crippen LogP) is 3.44. The van der Waals surface area contributed by atoms with Crippen LogP contribution in [0.1, 0.15) is 41.4 Å². The molecule has 0 fully saturated rings. The summed E-state index contributed by atoms with van der Waals surface area (Å²) in [6.45, 7) is 7.05.